The summed E-state index contributed by atoms with van der Waals surface area (Å²) in [4.78, 5) is 11.8. The fourth-order valence-electron chi connectivity index (χ4n) is 1.04. The van der Waals surface area contributed by atoms with Gasteiger partial charge in [-0.1, -0.05) is 18.7 Å². The van der Waals surface area contributed by atoms with Crippen LogP contribution in [0.2, 0.25) is 0 Å². The van der Waals surface area contributed by atoms with Gasteiger partial charge >= 0.3 is 5.97 Å². The molecule has 0 unspecified atom stereocenters. The van der Waals surface area contributed by atoms with Crippen molar-refractivity contribution in [3.05, 3.63) is 36.6 Å². The van der Waals surface area contributed by atoms with Crippen LogP contribution < -0.4 is 5.32 Å². The third-order valence-corrected chi connectivity index (χ3v) is 1.69. The maximum absolute atomic E-state index is 11.8. The van der Waals surface area contributed by atoms with E-state index in [1.54, 1.807) is 19.1 Å². The average molecular weight is 223 g/mol. The number of ether oxygens (including phenoxy) is 1. The van der Waals surface area contributed by atoms with Gasteiger partial charge in [0.2, 0.25) is 0 Å². The zero-order valence-corrected chi connectivity index (χ0v) is 10.6. The summed E-state index contributed by atoms with van der Waals surface area (Å²) < 4.78 is 5.26. The van der Waals surface area contributed by atoms with Crippen molar-refractivity contribution in [2.45, 2.75) is 33.3 Å². The first-order chi connectivity index (χ1) is 7.31. The number of rotatable bonds is 5. The number of hydrogen-bond donors (Lipinski definition) is 1. The van der Waals surface area contributed by atoms with Crippen LogP contribution in [0.3, 0.4) is 0 Å². The van der Waals surface area contributed by atoms with E-state index in [9.17, 15) is 4.79 Å². The number of allylic oxidation sites excluding steroid dienone is 1. The van der Waals surface area contributed by atoms with Gasteiger partial charge in [0, 0.05) is 12.2 Å². The van der Waals surface area contributed by atoms with Gasteiger partial charge in [-0.15, -0.1) is 6.58 Å². The maximum Gasteiger partial charge on any atom is 0.340 e. The Kier molecular flexibility index (Phi) is 5.57. The van der Waals surface area contributed by atoms with E-state index in [-0.39, 0.29) is 5.97 Å². The van der Waals surface area contributed by atoms with Gasteiger partial charge in [-0.25, -0.2) is 4.79 Å². The van der Waals surface area contributed by atoms with Crippen molar-refractivity contribution in [2.75, 3.05) is 6.54 Å². The summed E-state index contributed by atoms with van der Waals surface area (Å²) in [5.74, 6) is -0.364. The summed E-state index contributed by atoms with van der Waals surface area (Å²) in [6.45, 7) is 15.2. The van der Waals surface area contributed by atoms with Gasteiger partial charge in [0.15, 0.2) is 0 Å². The first-order valence-corrected chi connectivity index (χ1v) is 5.25. The summed E-state index contributed by atoms with van der Waals surface area (Å²) in [5, 5.41) is 2.97. The molecule has 3 heteroatoms. The van der Waals surface area contributed by atoms with Crippen molar-refractivity contribution in [2.24, 2.45) is 0 Å². The van der Waals surface area contributed by atoms with Crippen LogP contribution in [0.1, 0.15) is 27.7 Å². The Morgan fingerprint density at radius 1 is 1.44 bits per heavy atom. The van der Waals surface area contributed by atoms with E-state index < -0.39 is 5.60 Å². The molecule has 0 aromatic carbocycles. The molecule has 16 heavy (non-hydrogen) atoms. The number of carbonyl (C=O) groups is 1. The van der Waals surface area contributed by atoms with E-state index in [4.69, 9.17) is 4.74 Å². The quantitative estimate of drug-likeness (QED) is 0.337. The Morgan fingerprint density at radius 3 is 2.38 bits per heavy atom. The second kappa shape index (κ2) is 6.16. The topological polar surface area (TPSA) is 38.3 Å². The molecule has 0 aromatic rings. The Bertz CT molecular complexity index is 308. The molecule has 90 valence electrons. The van der Waals surface area contributed by atoms with Gasteiger partial charge in [-0.05, 0) is 27.7 Å². The maximum atomic E-state index is 11.8. The minimum absolute atomic E-state index is 0.364. The molecule has 0 heterocycles. The van der Waals surface area contributed by atoms with Crippen molar-refractivity contribution in [3.63, 3.8) is 0 Å². The van der Waals surface area contributed by atoms with Crippen LogP contribution in [0, 0.1) is 0 Å². The van der Waals surface area contributed by atoms with E-state index in [0.717, 1.165) is 0 Å². The normalized spacial score (nSPS) is 11.9. The lowest BCUT2D eigenvalue weighted by Gasteiger charge is -2.21. The van der Waals surface area contributed by atoms with Crippen LogP contribution in [0.5, 0.6) is 0 Å². The molecule has 0 aliphatic carbocycles. The number of hydrogen-bond acceptors (Lipinski definition) is 3. The molecule has 0 saturated carbocycles. The number of carbonyl (C=O) groups excluding carboxylic acids is 1. The molecule has 0 fully saturated rings. The van der Waals surface area contributed by atoms with E-state index in [1.165, 1.54) is 0 Å². The zero-order valence-electron chi connectivity index (χ0n) is 10.6. The molecule has 0 aliphatic heterocycles. The molecular formula is C13H21NO2. The number of nitrogens with one attached hydrogen (secondary N) is 1. The van der Waals surface area contributed by atoms with Crippen LogP contribution in [-0.4, -0.2) is 18.1 Å². The van der Waals surface area contributed by atoms with E-state index in [2.05, 4.69) is 18.5 Å². The van der Waals surface area contributed by atoms with Gasteiger partial charge < -0.3 is 10.1 Å². The first-order valence-electron chi connectivity index (χ1n) is 5.25. The van der Waals surface area contributed by atoms with Gasteiger partial charge in [-0.2, -0.15) is 0 Å². The molecule has 0 aliphatic rings. The Hall–Kier alpha value is -1.51. The second-order valence-electron chi connectivity index (χ2n) is 4.35. The van der Waals surface area contributed by atoms with Gasteiger partial charge in [0.1, 0.15) is 5.60 Å². The molecule has 0 saturated heterocycles. The highest BCUT2D eigenvalue weighted by atomic mass is 16.6. The number of esters is 1. The second-order valence-corrected chi connectivity index (χ2v) is 4.35. The predicted molar refractivity (Wildman–Crippen MR) is 66.9 cm³/mol. The lowest BCUT2D eigenvalue weighted by Crippen LogP contribution is -2.27. The average Bonchev–Trinajstić information content (AvgIpc) is 2.12. The Balaban J connectivity index is 4.57. The van der Waals surface area contributed by atoms with Gasteiger partial charge in [-0.3, -0.25) is 0 Å². The Labute approximate surface area is 97.9 Å². The molecular weight excluding hydrogens is 202 g/mol. The fraction of sp³-hybridized carbons (Fsp3) is 0.462. The molecule has 0 atom stereocenters. The standard InChI is InChI=1S/C13H21NO2/c1-7-9-14-10(3)11(8-2)12(15)16-13(4,5)6/h7-8,14H,1,3,9H2,2,4-6H3/b11-8+. The van der Waals surface area contributed by atoms with E-state index in [0.29, 0.717) is 17.8 Å². The summed E-state index contributed by atoms with van der Waals surface area (Å²) in [5.41, 5.74) is 0.512. The molecule has 0 aromatic heterocycles. The molecule has 3 nitrogen and oxygen atoms in total. The van der Waals surface area contributed by atoms with Crippen LogP contribution >= 0.6 is 0 Å². The zero-order chi connectivity index (χ0) is 12.8. The monoisotopic (exact) mass is 223 g/mol. The lowest BCUT2D eigenvalue weighted by atomic mass is 10.1. The van der Waals surface area contributed by atoms with Gasteiger partial charge in [0.25, 0.3) is 0 Å². The molecule has 0 rings (SSSR count). The molecule has 1 N–H and O–H groups in total. The lowest BCUT2D eigenvalue weighted by molar-refractivity contribution is -0.149. The predicted octanol–water partition coefficient (Wildman–Crippen LogP) is 2.56. The molecule has 0 spiro atoms. The van der Waals surface area contributed by atoms with E-state index in [1.807, 2.05) is 20.8 Å². The van der Waals surface area contributed by atoms with Crippen LogP contribution in [0.15, 0.2) is 36.6 Å². The smallest absolute Gasteiger partial charge is 0.340 e. The van der Waals surface area contributed by atoms with Crippen molar-refractivity contribution in [1.82, 2.24) is 5.32 Å². The molecule has 0 radical (unpaired) electrons. The van der Waals surface area contributed by atoms with Crippen LogP contribution in [0.25, 0.3) is 0 Å². The molecule has 0 amide bonds. The third kappa shape index (κ3) is 5.39. The first kappa shape index (κ1) is 14.5. The van der Waals surface area contributed by atoms with Crippen molar-refractivity contribution in [1.29, 1.82) is 0 Å². The molecule has 0 bridgehead atoms. The van der Waals surface area contributed by atoms with Crippen molar-refractivity contribution >= 4 is 5.97 Å². The summed E-state index contributed by atoms with van der Waals surface area (Å²) in [6, 6.07) is 0. The highest BCUT2D eigenvalue weighted by Crippen LogP contribution is 2.14. The van der Waals surface area contributed by atoms with Gasteiger partial charge in [0.05, 0.1) is 5.57 Å². The Morgan fingerprint density at radius 2 is 2.00 bits per heavy atom. The summed E-state index contributed by atoms with van der Waals surface area (Å²) in [7, 11) is 0. The van der Waals surface area contributed by atoms with Crippen LogP contribution in [0.4, 0.5) is 0 Å². The van der Waals surface area contributed by atoms with Crippen molar-refractivity contribution < 1.29 is 9.53 Å². The highest BCUT2D eigenvalue weighted by molar-refractivity contribution is 5.93. The highest BCUT2D eigenvalue weighted by Gasteiger charge is 2.20. The summed E-state index contributed by atoms with van der Waals surface area (Å²) >= 11 is 0. The largest absolute Gasteiger partial charge is 0.456 e. The fourth-order valence-corrected chi connectivity index (χ4v) is 1.04. The van der Waals surface area contributed by atoms with Crippen LogP contribution in [-0.2, 0) is 9.53 Å². The minimum Gasteiger partial charge on any atom is -0.456 e. The SMILES string of the molecule is C=CCNC(=C)/C(=C\C)C(=O)OC(C)(C)C. The minimum atomic E-state index is -0.496. The van der Waals surface area contributed by atoms with E-state index >= 15 is 0 Å². The van der Waals surface area contributed by atoms with Crippen molar-refractivity contribution in [3.8, 4) is 0 Å². The summed E-state index contributed by atoms with van der Waals surface area (Å²) in [6.07, 6.45) is 3.39. The third-order valence-electron chi connectivity index (χ3n) is 1.69.